The second-order valence-electron chi connectivity index (χ2n) is 6.68. The minimum Gasteiger partial charge on any atom is -0.322 e. The van der Waals surface area contributed by atoms with Crippen LogP contribution in [0.2, 0.25) is 0 Å². The van der Waals surface area contributed by atoms with Crippen LogP contribution < -0.4 is 5.73 Å². The molecule has 4 nitrogen and oxygen atoms in total. The first-order valence-corrected chi connectivity index (χ1v) is 8.55. The lowest BCUT2D eigenvalue weighted by Crippen LogP contribution is -2.24. The van der Waals surface area contributed by atoms with Gasteiger partial charge in [-0.1, -0.05) is 0 Å². The lowest BCUT2D eigenvalue weighted by Gasteiger charge is -2.23. The summed E-state index contributed by atoms with van der Waals surface area (Å²) in [5.41, 5.74) is 13.1. The second-order valence-corrected chi connectivity index (χ2v) is 6.68. The molecule has 0 fully saturated rings. The zero-order chi connectivity index (χ0) is 17.8. The highest BCUT2D eigenvalue weighted by atomic mass is 14.8. The first-order valence-electron chi connectivity index (χ1n) is 8.55. The summed E-state index contributed by atoms with van der Waals surface area (Å²) in [6.07, 6.45) is 6.24. The van der Waals surface area contributed by atoms with Crippen molar-refractivity contribution in [1.82, 2.24) is 15.0 Å². The van der Waals surface area contributed by atoms with Gasteiger partial charge in [-0.05, 0) is 80.3 Å². The predicted octanol–water partition coefficient (Wildman–Crippen LogP) is 3.82. The Morgan fingerprint density at radius 3 is 1.88 bits per heavy atom. The molecule has 0 aliphatic rings. The molecule has 4 heteroatoms. The molecular formula is C21H24N4. The van der Waals surface area contributed by atoms with Crippen molar-refractivity contribution in [2.75, 3.05) is 0 Å². The van der Waals surface area contributed by atoms with Crippen molar-refractivity contribution in [3.63, 3.8) is 0 Å². The molecule has 0 radical (unpaired) electrons. The fourth-order valence-electron chi connectivity index (χ4n) is 3.06. The van der Waals surface area contributed by atoms with Gasteiger partial charge in [0.05, 0.1) is 11.7 Å². The maximum absolute atomic E-state index is 6.65. The van der Waals surface area contributed by atoms with Crippen molar-refractivity contribution < 1.29 is 0 Å². The molecule has 25 heavy (non-hydrogen) atoms. The van der Waals surface area contributed by atoms with Crippen molar-refractivity contribution >= 4 is 0 Å². The lowest BCUT2D eigenvalue weighted by atomic mass is 9.88. The molecule has 0 amide bonds. The van der Waals surface area contributed by atoms with E-state index in [2.05, 4.69) is 53.9 Å². The first-order chi connectivity index (χ1) is 12.0. The summed E-state index contributed by atoms with van der Waals surface area (Å²) in [6.45, 7) is 6.21. The molecule has 2 N–H and O–H groups in total. The molecular weight excluding hydrogens is 308 g/mol. The maximum atomic E-state index is 6.65. The standard InChI is InChI=1S/C21H24N4/c1-14-4-7-23-17(10-14)13-18(19-11-15(2)5-8-24-19)21(22)20-12-16(3)6-9-25-20/h4-12,18,21H,13,22H2,1-3H3. The van der Waals surface area contributed by atoms with Crippen LogP contribution in [-0.4, -0.2) is 15.0 Å². The zero-order valence-electron chi connectivity index (χ0n) is 15.0. The monoisotopic (exact) mass is 332 g/mol. The third-order valence-electron chi connectivity index (χ3n) is 4.43. The molecule has 0 bridgehead atoms. The van der Waals surface area contributed by atoms with Gasteiger partial charge in [-0.25, -0.2) is 0 Å². The van der Waals surface area contributed by atoms with Gasteiger partial charge in [-0.3, -0.25) is 15.0 Å². The van der Waals surface area contributed by atoms with Crippen LogP contribution in [-0.2, 0) is 6.42 Å². The number of nitrogens with two attached hydrogens (primary N) is 1. The summed E-state index contributed by atoms with van der Waals surface area (Å²) >= 11 is 0. The molecule has 128 valence electrons. The largest absolute Gasteiger partial charge is 0.322 e. The van der Waals surface area contributed by atoms with Crippen LogP contribution in [0.25, 0.3) is 0 Å². The van der Waals surface area contributed by atoms with E-state index in [9.17, 15) is 0 Å². The quantitative estimate of drug-likeness (QED) is 0.771. The summed E-state index contributed by atoms with van der Waals surface area (Å²) in [6, 6.07) is 12.0. The van der Waals surface area contributed by atoms with Gasteiger partial charge in [0.25, 0.3) is 0 Å². The van der Waals surface area contributed by atoms with Crippen LogP contribution in [0.3, 0.4) is 0 Å². The summed E-state index contributed by atoms with van der Waals surface area (Å²) < 4.78 is 0. The van der Waals surface area contributed by atoms with E-state index in [0.29, 0.717) is 0 Å². The van der Waals surface area contributed by atoms with E-state index >= 15 is 0 Å². The number of hydrogen-bond acceptors (Lipinski definition) is 4. The Hall–Kier alpha value is -2.59. The molecule has 3 rings (SSSR count). The summed E-state index contributed by atoms with van der Waals surface area (Å²) in [5.74, 6) is 0.0171. The van der Waals surface area contributed by atoms with Crippen LogP contribution in [0.5, 0.6) is 0 Å². The minimum absolute atomic E-state index is 0.0171. The minimum atomic E-state index is -0.239. The van der Waals surface area contributed by atoms with Gasteiger partial charge >= 0.3 is 0 Å². The maximum Gasteiger partial charge on any atom is 0.0580 e. The molecule has 2 atom stereocenters. The fourth-order valence-corrected chi connectivity index (χ4v) is 3.06. The summed E-state index contributed by atoms with van der Waals surface area (Å²) in [7, 11) is 0. The number of aromatic nitrogens is 3. The molecule has 0 aliphatic carbocycles. The van der Waals surface area contributed by atoms with Crippen molar-refractivity contribution in [2.45, 2.75) is 39.2 Å². The van der Waals surface area contributed by atoms with E-state index in [1.54, 1.807) is 0 Å². The molecule has 0 spiro atoms. The average molecular weight is 332 g/mol. The highest BCUT2D eigenvalue weighted by molar-refractivity contribution is 5.27. The van der Waals surface area contributed by atoms with Crippen LogP contribution in [0.15, 0.2) is 55.0 Å². The Morgan fingerprint density at radius 2 is 1.28 bits per heavy atom. The van der Waals surface area contributed by atoms with E-state index in [4.69, 9.17) is 5.73 Å². The highest BCUT2D eigenvalue weighted by Gasteiger charge is 2.25. The summed E-state index contributed by atoms with van der Waals surface area (Å²) in [4.78, 5) is 13.6. The van der Waals surface area contributed by atoms with Gasteiger partial charge in [0, 0.05) is 35.9 Å². The molecule has 3 heterocycles. The molecule has 2 unspecified atom stereocenters. The van der Waals surface area contributed by atoms with Crippen molar-refractivity contribution in [3.05, 3.63) is 88.8 Å². The van der Waals surface area contributed by atoms with E-state index in [1.165, 1.54) is 11.1 Å². The zero-order valence-corrected chi connectivity index (χ0v) is 15.0. The number of pyridine rings is 3. The van der Waals surface area contributed by atoms with E-state index in [-0.39, 0.29) is 12.0 Å². The fraction of sp³-hybridized carbons (Fsp3) is 0.286. The Morgan fingerprint density at radius 1 is 0.760 bits per heavy atom. The lowest BCUT2D eigenvalue weighted by molar-refractivity contribution is 0.522. The predicted molar refractivity (Wildman–Crippen MR) is 100 cm³/mol. The number of hydrogen-bond donors (Lipinski definition) is 1. The first kappa shape index (κ1) is 17.2. The van der Waals surface area contributed by atoms with Gasteiger partial charge in [0.15, 0.2) is 0 Å². The van der Waals surface area contributed by atoms with E-state index in [1.807, 2.05) is 36.8 Å². The topological polar surface area (TPSA) is 64.7 Å². The molecule has 3 aromatic heterocycles. The van der Waals surface area contributed by atoms with Gasteiger partial charge < -0.3 is 5.73 Å². The van der Waals surface area contributed by atoms with Crippen molar-refractivity contribution in [1.29, 1.82) is 0 Å². The van der Waals surface area contributed by atoms with Gasteiger partial charge in [0.2, 0.25) is 0 Å². The second kappa shape index (κ2) is 7.53. The third kappa shape index (κ3) is 4.28. The van der Waals surface area contributed by atoms with Gasteiger partial charge in [-0.15, -0.1) is 0 Å². The number of rotatable bonds is 5. The summed E-state index contributed by atoms with van der Waals surface area (Å²) in [5, 5.41) is 0. The smallest absolute Gasteiger partial charge is 0.0580 e. The van der Waals surface area contributed by atoms with E-state index < -0.39 is 0 Å². The molecule has 3 aromatic rings. The van der Waals surface area contributed by atoms with Crippen LogP contribution >= 0.6 is 0 Å². The van der Waals surface area contributed by atoms with Crippen molar-refractivity contribution in [3.8, 4) is 0 Å². The third-order valence-corrected chi connectivity index (χ3v) is 4.43. The molecule has 0 aromatic carbocycles. The van der Waals surface area contributed by atoms with Gasteiger partial charge in [-0.2, -0.15) is 0 Å². The highest BCUT2D eigenvalue weighted by Crippen LogP contribution is 2.30. The van der Waals surface area contributed by atoms with Crippen molar-refractivity contribution in [2.24, 2.45) is 5.73 Å². The van der Waals surface area contributed by atoms with Crippen LogP contribution in [0, 0.1) is 20.8 Å². The van der Waals surface area contributed by atoms with E-state index in [0.717, 1.165) is 29.1 Å². The number of aryl methyl sites for hydroxylation is 3. The Bertz CT molecular complexity index is 860. The normalized spacial score (nSPS) is 13.4. The Balaban J connectivity index is 1.99. The number of nitrogens with zero attached hydrogens (tertiary/aromatic N) is 3. The Labute approximate surface area is 149 Å². The average Bonchev–Trinajstić information content (AvgIpc) is 2.59. The van der Waals surface area contributed by atoms with Crippen LogP contribution in [0.1, 0.15) is 45.7 Å². The SMILES string of the molecule is Cc1ccnc(CC(c2cc(C)ccn2)C(N)c2cc(C)ccn2)c1. The molecule has 0 saturated carbocycles. The van der Waals surface area contributed by atoms with Crippen LogP contribution in [0.4, 0.5) is 0 Å². The van der Waals surface area contributed by atoms with Gasteiger partial charge in [0.1, 0.15) is 0 Å². The molecule has 0 saturated heterocycles. The molecule has 0 aliphatic heterocycles. The Kier molecular flexibility index (Phi) is 5.19.